The van der Waals surface area contributed by atoms with E-state index >= 15 is 0 Å². The van der Waals surface area contributed by atoms with Crippen molar-refractivity contribution in [3.05, 3.63) is 45.3 Å². The summed E-state index contributed by atoms with van der Waals surface area (Å²) in [5.41, 5.74) is 5.92. The van der Waals surface area contributed by atoms with Crippen molar-refractivity contribution in [2.24, 2.45) is 0 Å². The van der Waals surface area contributed by atoms with Crippen molar-refractivity contribution in [3.63, 3.8) is 0 Å². The maximum absolute atomic E-state index is 4.49. The molecule has 0 saturated heterocycles. The first-order chi connectivity index (χ1) is 9.63. The molecule has 0 unspecified atom stereocenters. The molecular weight excluding hydrogens is 316 g/mol. The first-order valence-electron chi connectivity index (χ1n) is 6.74. The lowest BCUT2D eigenvalue weighted by molar-refractivity contribution is 0.626. The highest BCUT2D eigenvalue weighted by Gasteiger charge is 2.17. The monoisotopic (exact) mass is 332 g/mol. The Bertz CT molecular complexity index is 655. The molecule has 2 N–H and O–H groups in total. The van der Waals surface area contributed by atoms with Crippen molar-refractivity contribution < 1.29 is 0 Å². The van der Waals surface area contributed by atoms with Gasteiger partial charge in [0.25, 0.3) is 0 Å². The van der Waals surface area contributed by atoms with Gasteiger partial charge in [0.2, 0.25) is 0 Å². The molecule has 4 nitrogen and oxygen atoms in total. The number of nitrogens with one attached hydrogen (secondary N) is 2. The van der Waals surface area contributed by atoms with Gasteiger partial charge in [-0.2, -0.15) is 0 Å². The number of hydrogen-bond donors (Lipinski definition) is 2. The summed E-state index contributed by atoms with van der Waals surface area (Å²) in [6, 6.07) is 6.35. The summed E-state index contributed by atoms with van der Waals surface area (Å²) < 4.78 is 0.643. The van der Waals surface area contributed by atoms with Gasteiger partial charge in [-0.15, -0.1) is 0 Å². The number of anilines is 2. The number of nitrogens with zero attached hydrogens (tertiary/aromatic N) is 2. The minimum atomic E-state index is 0.643. The van der Waals surface area contributed by atoms with E-state index in [0.717, 1.165) is 42.3 Å². The molecule has 0 saturated carbocycles. The molecule has 0 amide bonds. The third-order valence-corrected chi connectivity index (χ3v) is 4.03. The van der Waals surface area contributed by atoms with E-state index in [-0.39, 0.29) is 0 Å². The second kappa shape index (κ2) is 5.50. The van der Waals surface area contributed by atoms with Crippen LogP contribution in [0.25, 0.3) is 0 Å². The minimum Gasteiger partial charge on any atom is -0.340 e. The van der Waals surface area contributed by atoms with E-state index in [2.05, 4.69) is 68.6 Å². The molecule has 2 heterocycles. The molecule has 1 aromatic heterocycles. The quantitative estimate of drug-likeness (QED) is 0.829. The highest BCUT2D eigenvalue weighted by molar-refractivity contribution is 9.10. The van der Waals surface area contributed by atoms with Crippen LogP contribution in [-0.4, -0.2) is 16.5 Å². The summed E-state index contributed by atoms with van der Waals surface area (Å²) in [4.78, 5) is 8.96. The van der Waals surface area contributed by atoms with E-state index in [1.807, 2.05) is 0 Å². The van der Waals surface area contributed by atoms with Crippen LogP contribution < -0.4 is 10.6 Å². The van der Waals surface area contributed by atoms with Crippen LogP contribution in [0.1, 0.15) is 22.4 Å². The molecule has 0 fully saturated rings. The van der Waals surface area contributed by atoms with Crippen molar-refractivity contribution in [2.75, 3.05) is 11.9 Å². The van der Waals surface area contributed by atoms with Gasteiger partial charge in [-0.05, 0) is 53.0 Å². The summed E-state index contributed by atoms with van der Waals surface area (Å²) >= 11 is 3.40. The first kappa shape index (κ1) is 13.5. The molecule has 1 aromatic carbocycles. The Balaban J connectivity index is 1.97. The third-order valence-electron chi connectivity index (χ3n) is 3.68. The fourth-order valence-electron chi connectivity index (χ4n) is 2.37. The molecule has 104 valence electrons. The maximum Gasteiger partial charge on any atom is 0.198 e. The second-order valence-electron chi connectivity index (χ2n) is 5.12. The van der Waals surface area contributed by atoms with Gasteiger partial charge in [0, 0.05) is 30.8 Å². The van der Waals surface area contributed by atoms with Crippen molar-refractivity contribution in [1.29, 1.82) is 0 Å². The SMILES string of the molecule is Cc1ccc(Nc2nc(Br)nc3c2CNCC3)cc1C. The van der Waals surface area contributed by atoms with Gasteiger partial charge in [-0.1, -0.05) is 6.07 Å². The molecule has 0 radical (unpaired) electrons. The van der Waals surface area contributed by atoms with Crippen LogP contribution in [0.5, 0.6) is 0 Å². The highest BCUT2D eigenvalue weighted by atomic mass is 79.9. The molecular formula is C15H17BrN4. The second-order valence-corrected chi connectivity index (χ2v) is 5.83. The minimum absolute atomic E-state index is 0.643. The number of benzene rings is 1. The topological polar surface area (TPSA) is 49.8 Å². The van der Waals surface area contributed by atoms with E-state index in [9.17, 15) is 0 Å². The van der Waals surface area contributed by atoms with Crippen LogP contribution in [-0.2, 0) is 13.0 Å². The van der Waals surface area contributed by atoms with Gasteiger partial charge >= 0.3 is 0 Å². The fraction of sp³-hybridized carbons (Fsp3) is 0.333. The zero-order valence-corrected chi connectivity index (χ0v) is 13.2. The Morgan fingerprint density at radius 2 is 2.05 bits per heavy atom. The highest BCUT2D eigenvalue weighted by Crippen LogP contribution is 2.26. The zero-order valence-electron chi connectivity index (χ0n) is 11.6. The van der Waals surface area contributed by atoms with Gasteiger partial charge in [-0.3, -0.25) is 0 Å². The average molecular weight is 333 g/mol. The Morgan fingerprint density at radius 3 is 2.85 bits per heavy atom. The van der Waals surface area contributed by atoms with Crippen LogP contribution >= 0.6 is 15.9 Å². The molecule has 0 aliphatic carbocycles. The van der Waals surface area contributed by atoms with Crippen LogP contribution in [0.2, 0.25) is 0 Å². The molecule has 0 spiro atoms. The lowest BCUT2D eigenvalue weighted by Crippen LogP contribution is -2.26. The van der Waals surface area contributed by atoms with Gasteiger partial charge in [0.05, 0.1) is 5.69 Å². The van der Waals surface area contributed by atoms with Crippen LogP contribution in [0.15, 0.2) is 22.9 Å². The van der Waals surface area contributed by atoms with Gasteiger partial charge in [-0.25, -0.2) is 9.97 Å². The van der Waals surface area contributed by atoms with E-state index in [1.54, 1.807) is 0 Å². The smallest absolute Gasteiger partial charge is 0.198 e. The van der Waals surface area contributed by atoms with E-state index in [1.165, 1.54) is 11.1 Å². The van der Waals surface area contributed by atoms with Gasteiger partial charge in [0.1, 0.15) is 5.82 Å². The van der Waals surface area contributed by atoms with Crippen LogP contribution in [0.4, 0.5) is 11.5 Å². The standard InChI is InChI=1S/C15H17BrN4/c1-9-3-4-11(7-10(9)2)18-14-12-8-17-6-5-13(12)19-15(16)20-14/h3-4,7,17H,5-6,8H2,1-2H3,(H,18,19,20). The van der Waals surface area contributed by atoms with Crippen molar-refractivity contribution in [3.8, 4) is 0 Å². The first-order valence-corrected chi connectivity index (χ1v) is 7.53. The maximum atomic E-state index is 4.49. The number of aromatic nitrogens is 2. The average Bonchev–Trinajstić information content (AvgIpc) is 2.43. The number of halogens is 1. The normalized spacial score (nSPS) is 13.9. The molecule has 0 bridgehead atoms. The summed E-state index contributed by atoms with van der Waals surface area (Å²) in [7, 11) is 0. The van der Waals surface area contributed by atoms with Crippen LogP contribution in [0.3, 0.4) is 0 Å². The van der Waals surface area contributed by atoms with Gasteiger partial charge in [0.15, 0.2) is 4.73 Å². The van der Waals surface area contributed by atoms with Crippen molar-refractivity contribution in [1.82, 2.24) is 15.3 Å². The van der Waals surface area contributed by atoms with E-state index < -0.39 is 0 Å². The molecule has 1 aliphatic heterocycles. The summed E-state index contributed by atoms with van der Waals surface area (Å²) in [5.74, 6) is 0.886. The molecule has 1 aliphatic rings. The van der Waals surface area contributed by atoms with Gasteiger partial charge < -0.3 is 10.6 Å². The Labute approximate surface area is 127 Å². The predicted octanol–water partition coefficient (Wildman–Crippen LogP) is 3.25. The third kappa shape index (κ3) is 2.69. The Hall–Kier alpha value is -1.46. The number of fused-ring (bicyclic) bond motifs is 1. The molecule has 5 heteroatoms. The largest absolute Gasteiger partial charge is 0.340 e. The summed E-state index contributed by atoms with van der Waals surface area (Å²) in [6.07, 6.45) is 0.943. The molecule has 2 aromatic rings. The van der Waals surface area contributed by atoms with E-state index in [0.29, 0.717) is 4.73 Å². The lowest BCUT2D eigenvalue weighted by atomic mass is 10.1. The number of aryl methyl sites for hydroxylation is 2. The fourth-order valence-corrected chi connectivity index (χ4v) is 2.76. The zero-order chi connectivity index (χ0) is 14.1. The molecule has 3 rings (SSSR count). The number of rotatable bonds is 2. The number of hydrogen-bond acceptors (Lipinski definition) is 4. The molecule has 20 heavy (non-hydrogen) atoms. The van der Waals surface area contributed by atoms with E-state index in [4.69, 9.17) is 0 Å². The van der Waals surface area contributed by atoms with Crippen molar-refractivity contribution in [2.45, 2.75) is 26.8 Å². The Morgan fingerprint density at radius 1 is 1.20 bits per heavy atom. The summed E-state index contributed by atoms with van der Waals surface area (Å²) in [6.45, 7) is 6.02. The molecule has 0 atom stereocenters. The van der Waals surface area contributed by atoms with Crippen LogP contribution in [0, 0.1) is 13.8 Å². The lowest BCUT2D eigenvalue weighted by Gasteiger charge is -2.20. The van der Waals surface area contributed by atoms with Crippen molar-refractivity contribution >= 4 is 27.4 Å². The predicted molar refractivity (Wildman–Crippen MR) is 84.3 cm³/mol. The summed E-state index contributed by atoms with van der Waals surface area (Å²) in [5, 5.41) is 6.79. The Kier molecular flexibility index (Phi) is 3.72.